The Balaban J connectivity index is 1.80. The molecule has 1 aromatic carbocycles. The van der Waals surface area contributed by atoms with Crippen molar-refractivity contribution in [2.75, 3.05) is 0 Å². The molecule has 19 heavy (non-hydrogen) atoms. The zero-order chi connectivity index (χ0) is 13.5. The summed E-state index contributed by atoms with van der Waals surface area (Å²) in [6, 6.07) is 15.1. The van der Waals surface area contributed by atoms with Crippen molar-refractivity contribution in [2.24, 2.45) is 0 Å². The van der Waals surface area contributed by atoms with E-state index in [1.54, 1.807) is 6.04 Å². The third kappa shape index (κ3) is 4.21. The van der Waals surface area contributed by atoms with Gasteiger partial charge in [0.2, 0.25) is 0 Å². The summed E-state index contributed by atoms with van der Waals surface area (Å²) in [6.07, 6.45) is 7.07. The first-order chi connectivity index (χ1) is 9.33. The molecule has 0 atom stereocenters. The lowest BCUT2D eigenvalue weighted by Crippen LogP contribution is -2.20. The molecule has 2 heteroatoms. The van der Waals surface area contributed by atoms with Crippen molar-refractivity contribution in [3.05, 3.63) is 35.4 Å². The maximum absolute atomic E-state index is 8.83. The number of hydrogen-bond acceptors (Lipinski definition) is 1. The first-order valence-corrected chi connectivity index (χ1v) is 10.3. The van der Waals surface area contributed by atoms with Gasteiger partial charge in [0.05, 0.1) is 11.6 Å². The Kier molecular flexibility index (Phi) is 5.66. The topological polar surface area (TPSA) is 23.8 Å². The highest BCUT2D eigenvalue weighted by Gasteiger charge is 2.22. The van der Waals surface area contributed by atoms with Gasteiger partial charge in [-0.1, -0.05) is 56.5 Å². The maximum atomic E-state index is 8.83. The summed E-state index contributed by atoms with van der Waals surface area (Å²) in [5.74, 6) is 0.766. The highest BCUT2D eigenvalue weighted by atomic mass is 28.3. The van der Waals surface area contributed by atoms with E-state index in [9.17, 15) is 0 Å². The second kappa shape index (κ2) is 7.50. The van der Waals surface area contributed by atoms with Crippen molar-refractivity contribution in [2.45, 2.75) is 63.1 Å². The van der Waals surface area contributed by atoms with Crippen molar-refractivity contribution < 1.29 is 0 Å². The highest BCUT2D eigenvalue weighted by molar-refractivity contribution is 6.59. The highest BCUT2D eigenvalue weighted by Crippen LogP contribution is 2.35. The third-order valence-corrected chi connectivity index (χ3v) is 8.10. The fraction of sp³-hybridized carbons (Fsp3) is 0.588. The quantitative estimate of drug-likeness (QED) is 0.554. The third-order valence-electron chi connectivity index (χ3n) is 4.57. The van der Waals surface area contributed by atoms with E-state index < -0.39 is 0 Å². The average molecular weight is 271 g/mol. The van der Waals surface area contributed by atoms with E-state index in [0.717, 1.165) is 11.5 Å². The molecule has 2 rings (SSSR count). The monoisotopic (exact) mass is 271 g/mol. The normalized spacial score (nSPS) is 22.9. The molecule has 1 heterocycles. The van der Waals surface area contributed by atoms with Gasteiger partial charge in [0.1, 0.15) is 0 Å². The van der Waals surface area contributed by atoms with Gasteiger partial charge in [-0.2, -0.15) is 5.26 Å². The van der Waals surface area contributed by atoms with Crippen LogP contribution < -0.4 is 0 Å². The summed E-state index contributed by atoms with van der Waals surface area (Å²) in [7, 11) is -0.388. The molecule has 1 aliphatic heterocycles. The molecular formula is C17H25NSi. The Bertz CT molecular complexity index is 410. The number of rotatable bonds is 5. The molecule has 0 N–H and O–H groups in total. The Morgan fingerprint density at radius 3 is 2.42 bits per heavy atom. The summed E-state index contributed by atoms with van der Waals surface area (Å²) in [5.41, 5.74) is 2.24. The van der Waals surface area contributed by atoms with Crippen LogP contribution in [0.3, 0.4) is 0 Å². The molecule has 1 aliphatic rings. The van der Waals surface area contributed by atoms with Crippen LogP contribution in [0.1, 0.15) is 56.1 Å². The standard InChI is InChI=1S/C17H25NSi/c1-2-3-4-11-19-12-9-17(10-13-19)16-7-5-15(14-18)6-8-16/h5-8,17,19H,2-4,9-13H2,1H3/t17-,19-. The molecule has 102 valence electrons. The molecule has 0 radical (unpaired) electrons. The summed E-state index contributed by atoms with van der Waals surface area (Å²) in [5, 5.41) is 8.83. The molecule has 0 unspecified atom stereocenters. The van der Waals surface area contributed by atoms with Crippen molar-refractivity contribution in [1.82, 2.24) is 0 Å². The lowest BCUT2D eigenvalue weighted by Gasteiger charge is -2.28. The van der Waals surface area contributed by atoms with Gasteiger partial charge in [0.25, 0.3) is 0 Å². The zero-order valence-electron chi connectivity index (χ0n) is 12.1. The summed E-state index contributed by atoms with van der Waals surface area (Å²) in [4.78, 5) is 0. The van der Waals surface area contributed by atoms with E-state index in [0.29, 0.717) is 0 Å². The number of benzene rings is 1. The number of nitrogens with zero attached hydrogens (tertiary/aromatic N) is 1. The summed E-state index contributed by atoms with van der Waals surface area (Å²) in [6.45, 7) is 2.29. The second-order valence-corrected chi connectivity index (χ2v) is 9.41. The SMILES string of the molecule is CCCCC[Si@H]1CC[C@H](c2ccc(C#N)cc2)CC1. The minimum Gasteiger partial charge on any atom is -0.192 e. The molecule has 0 aliphatic carbocycles. The van der Waals surface area contributed by atoms with E-state index in [1.165, 1.54) is 49.8 Å². The van der Waals surface area contributed by atoms with Gasteiger partial charge in [-0.25, -0.2) is 0 Å². The summed E-state index contributed by atoms with van der Waals surface area (Å²) < 4.78 is 0. The van der Waals surface area contributed by atoms with Gasteiger partial charge in [-0.3, -0.25) is 0 Å². The fourth-order valence-corrected chi connectivity index (χ4v) is 6.78. The van der Waals surface area contributed by atoms with Gasteiger partial charge < -0.3 is 0 Å². The zero-order valence-corrected chi connectivity index (χ0v) is 13.2. The van der Waals surface area contributed by atoms with Crippen LogP contribution in [0.15, 0.2) is 24.3 Å². The first kappa shape index (κ1) is 14.3. The van der Waals surface area contributed by atoms with Crippen LogP contribution in [-0.4, -0.2) is 8.80 Å². The van der Waals surface area contributed by atoms with Crippen LogP contribution in [0.25, 0.3) is 0 Å². The molecule has 1 saturated heterocycles. The van der Waals surface area contributed by atoms with Crippen LogP contribution in [0.5, 0.6) is 0 Å². The smallest absolute Gasteiger partial charge is 0.0991 e. The largest absolute Gasteiger partial charge is 0.192 e. The van der Waals surface area contributed by atoms with Crippen LogP contribution in [0, 0.1) is 11.3 Å². The Hall–Kier alpha value is -1.07. The molecule has 0 spiro atoms. The maximum Gasteiger partial charge on any atom is 0.0991 e. The lowest BCUT2D eigenvalue weighted by molar-refractivity contribution is 0.603. The molecular weight excluding hydrogens is 246 g/mol. The first-order valence-electron chi connectivity index (χ1n) is 7.83. The predicted molar refractivity (Wildman–Crippen MR) is 84.2 cm³/mol. The summed E-state index contributed by atoms with van der Waals surface area (Å²) >= 11 is 0. The molecule has 0 saturated carbocycles. The van der Waals surface area contributed by atoms with Gasteiger partial charge in [0.15, 0.2) is 0 Å². The van der Waals surface area contributed by atoms with Crippen LogP contribution >= 0.6 is 0 Å². The minimum atomic E-state index is -0.388. The molecule has 1 nitrogen and oxygen atoms in total. The average Bonchev–Trinajstić information content (AvgIpc) is 2.48. The molecule has 0 bridgehead atoms. The second-order valence-electron chi connectivity index (χ2n) is 5.95. The predicted octanol–water partition coefficient (Wildman–Crippen LogP) is 4.85. The van der Waals surface area contributed by atoms with Gasteiger partial charge in [-0.15, -0.1) is 0 Å². The van der Waals surface area contributed by atoms with E-state index in [1.807, 2.05) is 12.1 Å². The Labute approximate surface area is 119 Å². The van der Waals surface area contributed by atoms with Crippen molar-refractivity contribution in [1.29, 1.82) is 5.26 Å². The molecule has 1 aromatic rings. The van der Waals surface area contributed by atoms with Crippen molar-refractivity contribution in [3.8, 4) is 6.07 Å². The lowest BCUT2D eigenvalue weighted by atomic mass is 9.93. The molecule has 0 aromatic heterocycles. The van der Waals surface area contributed by atoms with Crippen LogP contribution in [-0.2, 0) is 0 Å². The molecule has 0 amide bonds. The Morgan fingerprint density at radius 1 is 1.16 bits per heavy atom. The van der Waals surface area contributed by atoms with E-state index in [2.05, 4.69) is 25.1 Å². The van der Waals surface area contributed by atoms with E-state index in [4.69, 9.17) is 5.26 Å². The molecule has 1 fully saturated rings. The minimum absolute atomic E-state index is 0.388. The van der Waals surface area contributed by atoms with Crippen LogP contribution in [0.4, 0.5) is 0 Å². The number of unbranched alkanes of at least 4 members (excludes halogenated alkanes) is 2. The van der Waals surface area contributed by atoms with E-state index >= 15 is 0 Å². The van der Waals surface area contributed by atoms with Gasteiger partial charge >= 0.3 is 0 Å². The van der Waals surface area contributed by atoms with Gasteiger partial charge in [0, 0.05) is 8.80 Å². The van der Waals surface area contributed by atoms with Crippen LogP contribution in [0.2, 0.25) is 18.1 Å². The van der Waals surface area contributed by atoms with Gasteiger partial charge in [-0.05, 0) is 36.5 Å². The Morgan fingerprint density at radius 2 is 1.84 bits per heavy atom. The van der Waals surface area contributed by atoms with Crippen molar-refractivity contribution in [3.63, 3.8) is 0 Å². The fourth-order valence-electron chi connectivity index (χ4n) is 3.30. The van der Waals surface area contributed by atoms with Crippen molar-refractivity contribution >= 4 is 8.80 Å². The number of hydrogen-bond donors (Lipinski definition) is 0. The number of nitriles is 1. The van der Waals surface area contributed by atoms with E-state index in [-0.39, 0.29) is 8.80 Å².